The minimum atomic E-state index is -3.09. The third-order valence-electron chi connectivity index (χ3n) is 6.71. The quantitative estimate of drug-likeness (QED) is 0.531. The first-order valence-electron chi connectivity index (χ1n) is 11.7. The number of hydrogen-bond acceptors (Lipinski definition) is 7. The van der Waals surface area contributed by atoms with Crippen LogP contribution in [0.3, 0.4) is 0 Å². The van der Waals surface area contributed by atoms with Gasteiger partial charge in [0, 0.05) is 51.9 Å². The average Bonchev–Trinajstić information content (AvgIpc) is 3.19. The van der Waals surface area contributed by atoms with Crippen molar-refractivity contribution in [2.75, 3.05) is 77.1 Å². The maximum Gasteiger partial charge on any atom is 0.237 e. The minimum Gasteiger partial charge on any atom is -0.378 e. The van der Waals surface area contributed by atoms with Crippen LogP contribution in [0.2, 0.25) is 0 Å². The zero-order chi connectivity index (χ0) is 23.3. The van der Waals surface area contributed by atoms with E-state index in [2.05, 4.69) is 9.80 Å². The Kier molecular flexibility index (Phi) is 8.00. The third kappa shape index (κ3) is 6.75. The van der Waals surface area contributed by atoms with Crippen LogP contribution in [0.1, 0.15) is 12.0 Å². The van der Waals surface area contributed by atoms with Crippen LogP contribution in [-0.4, -0.2) is 123 Å². The Bertz CT molecular complexity index is 912. The van der Waals surface area contributed by atoms with E-state index in [4.69, 9.17) is 4.74 Å². The second-order valence-corrected chi connectivity index (χ2v) is 11.3. The largest absolute Gasteiger partial charge is 0.378 e. The number of rotatable bonds is 7. The van der Waals surface area contributed by atoms with Crippen LogP contribution in [0.4, 0.5) is 0 Å². The summed E-state index contributed by atoms with van der Waals surface area (Å²) in [5, 5.41) is 0. The van der Waals surface area contributed by atoms with E-state index in [9.17, 15) is 18.0 Å². The molecule has 182 valence electrons. The molecule has 3 aliphatic heterocycles. The van der Waals surface area contributed by atoms with Crippen LogP contribution in [0.5, 0.6) is 0 Å². The van der Waals surface area contributed by atoms with Crippen molar-refractivity contribution in [2.24, 2.45) is 0 Å². The molecule has 1 aromatic rings. The summed E-state index contributed by atoms with van der Waals surface area (Å²) in [6.45, 7) is 6.51. The number of ether oxygens (including phenoxy) is 1. The first-order valence-corrected chi connectivity index (χ1v) is 13.6. The van der Waals surface area contributed by atoms with Crippen LogP contribution in [0, 0.1) is 0 Å². The number of benzene rings is 1. The predicted octanol–water partition coefficient (Wildman–Crippen LogP) is -0.321. The van der Waals surface area contributed by atoms with Gasteiger partial charge in [-0.05, 0) is 12.0 Å². The van der Waals surface area contributed by atoms with Gasteiger partial charge >= 0.3 is 0 Å². The molecule has 33 heavy (non-hydrogen) atoms. The molecule has 0 unspecified atom stereocenters. The topological polar surface area (TPSA) is 90.5 Å². The van der Waals surface area contributed by atoms with Crippen LogP contribution >= 0.6 is 0 Å². The van der Waals surface area contributed by atoms with Gasteiger partial charge in [-0.15, -0.1) is 0 Å². The number of amides is 2. The normalized spacial score (nSPS) is 24.0. The molecule has 10 heteroatoms. The highest BCUT2D eigenvalue weighted by Gasteiger charge is 2.35. The van der Waals surface area contributed by atoms with Gasteiger partial charge in [-0.25, -0.2) is 8.42 Å². The molecule has 1 atom stereocenters. The van der Waals surface area contributed by atoms with E-state index < -0.39 is 9.84 Å². The molecule has 3 aliphatic rings. The van der Waals surface area contributed by atoms with Crippen LogP contribution in [0.15, 0.2) is 30.3 Å². The van der Waals surface area contributed by atoms with Crippen molar-refractivity contribution in [2.45, 2.75) is 19.0 Å². The van der Waals surface area contributed by atoms with E-state index in [1.807, 2.05) is 35.2 Å². The molecule has 9 nitrogen and oxygen atoms in total. The van der Waals surface area contributed by atoms with Crippen LogP contribution in [-0.2, 0) is 30.7 Å². The van der Waals surface area contributed by atoms with E-state index in [1.165, 1.54) is 0 Å². The molecule has 3 fully saturated rings. The Morgan fingerprint density at radius 3 is 2.18 bits per heavy atom. The smallest absolute Gasteiger partial charge is 0.237 e. The Hall–Kier alpha value is -2.01. The number of morpholine rings is 1. The summed E-state index contributed by atoms with van der Waals surface area (Å²) in [6.07, 6.45) is 0.498. The van der Waals surface area contributed by atoms with Gasteiger partial charge in [0.15, 0.2) is 9.84 Å². The fraction of sp³-hybridized carbons (Fsp3) is 0.652. The summed E-state index contributed by atoms with van der Waals surface area (Å²) in [7, 11) is -3.09. The van der Waals surface area contributed by atoms with E-state index in [0.717, 1.165) is 18.7 Å². The Labute approximate surface area is 196 Å². The average molecular weight is 479 g/mol. The third-order valence-corrected chi connectivity index (χ3v) is 8.46. The molecule has 1 aromatic carbocycles. The molecule has 0 saturated carbocycles. The zero-order valence-electron chi connectivity index (χ0n) is 19.1. The molecule has 0 aromatic heterocycles. The summed E-state index contributed by atoms with van der Waals surface area (Å²) < 4.78 is 29.4. The number of carbonyl (C=O) groups is 2. The highest BCUT2D eigenvalue weighted by molar-refractivity contribution is 7.91. The van der Waals surface area contributed by atoms with Crippen molar-refractivity contribution in [3.63, 3.8) is 0 Å². The van der Waals surface area contributed by atoms with Gasteiger partial charge in [-0.1, -0.05) is 30.3 Å². The SMILES string of the molecule is O=C(CN1CCN(CC(=O)N(Cc2ccccc2)[C@H]2CCS(=O)(=O)C2)CC1)N1CCOCC1. The lowest BCUT2D eigenvalue weighted by molar-refractivity contribution is -0.138. The van der Waals surface area contributed by atoms with Gasteiger partial charge in [0.25, 0.3) is 0 Å². The molecule has 0 bridgehead atoms. The number of piperazine rings is 1. The minimum absolute atomic E-state index is 0.0289. The van der Waals surface area contributed by atoms with E-state index in [1.54, 1.807) is 4.90 Å². The molecular formula is C23H34N4O5S. The maximum absolute atomic E-state index is 13.3. The van der Waals surface area contributed by atoms with Gasteiger partial charge < -0.3 is 14.5 Å². The number of sulfone groups is 1. The molecule has 2 amide bonds. The highest BCUT2D eigenvalue weighted by atomic mass is 32.2. The lowest BCUT2D eigenvalue weighted by atomic mass is 10.1. The summed E-state index contributed by atoms with van der Waals surface area (Å²) in [4.78, 5) is 33.6. The highest BCUT2D eigenvalue weighted by Crippen LogP contribution is 2.21. The summed E-state index contributed by atoms with van der Waals surface area (Å²) >= 11 is 0. The fourth-order valence-electron chi connectivity index (χ4n) is 4.71. The van der Waals surface area contributed by atoms with Gasteiger partial charge in [-0.3, -0.25) is 19.4 Å². The van der Waals surface area contributed by atoms with Crippen molar-refractivity contribution in [3.05, 3.63) is 35.9 Å². The van der Waals surface area contributed by atoms with Gasteiger partial charge in [0.2, 0.25) is 11.8 Å². The van der Waals surface area contributed by atoms with Gasteiger partial charge in [0.1, 0.15) is 0 Å². The second-order valence-electron chi connectivity index (χ2n) is 9.11. The van der Waals surface area contributed by atoms with E-state index in [0.29, 0.717) is 58.9 Å². The summed E-state index contributed by atoms with van der Waals surface area (Å²) in [6, 6.07) is 9.46. The van der Waals surface area contributed by atoms with Crippen molar-refractivity contribution < 1.29 is 22.7 Å². The van der Waals surface area contributed by atoms with Crippen LogP contribution < -0.4 is 0 Å². The van der Waals surface area contributed by atoms with E-state index >= 15 is 0 Å². The lowest BCUT2D eigenvalue weighted by Gasteiger charge is -2.37. The van der Waals surface area contributed by atoms with Crippen LogP contribution in [0.25, 0.3) is 0 Å². The molecular weight excluding hydrogens is 444 g/mol. The molecule has 0 N–H and O–H groups in total. The first-order chi connectivity index (χ1) is 15.9. The first kappa shape index (κ1) is 24.1. The molecule has 3 saturated heterocycles. The standard InChI is InChI=1S/C23H34N4O5S/c28-22(26-11-13-32-14-12-26)17-24-7-9-25(10-8-24)18-23(29)27(16-20-4-2-1-3-5-20)21-6-15-33(30,31)19-21/h1-5,21H,6-19H2/t21-/m0/s1. The lowest BCUT2D eigenvalue weighted by Crippen LogP contribution is -2.54. The summed E-state index contributed by atoms with van der Waals surface area (Å²) in [5.74, 6) is 0.299. The number of nitrogens with zero attached hydrogens (tertiary/aromatic N) is 4. The maximum atomic E-state index is 13.3. The molecule has 4 rings (SSSR count). The summed E-state index contributed by atoms with van der Waals surface area (Å²) in [5.41, 5.74) is 1.00. The van der Waals surface area contributed by atoms with Gasteiger partial charge in [-0.2, -0.15) is 0 Å². The number of hydrogen-bond donors (Lipinski definition) is 0. The predicted molar refractivity (Wildman–Crippen MR) is 124 cm³/mol. The molecule has 3 heterocycles. The Morgan fingerprint density at radius 2 is 1.58 bits per heavy atom. The fourth-order valence-corrected chi connectivity index (χ4v) is 6.44. The monoisotopic (exact) mass is 478 g/mol. The molecule has 0 aliphatic carbocycles. The van der Waals surface area contributed by atoms with Crippen molar-refractivity contribution in [3.8, 4) is 0 Å². The second kappa shape index (κ2) is 10.9. The molecule has 0 radical (unpaired) electrons. The van der Waals surface area contributed by atoms with Crippen molar-refractivity contribution in [1.82, 2.24) is 19.6 Å². The van der Waals surface area contributed by atoms with Gasteiger partial charge in [0.05, 0.1) is 37.8 Å². The Balaban J connectivity index is 1.30. The number of carbonyl (C=O) groups excluding carboxylic acids is 2. The van der Waals surface area contributed by atoms with Crippen molar-refractivity contribution >= 4 is 21.7 Å². The molecule has 0 spiro atoms. The Morgan fingerprint density at radius 1 is 0.939 bits per heavy atom. The van der Waals surface area contributed by atoms with E-state index in [-0.39, 0.29) is 35.9 Å². The van der Waals surface area contributed by atoms with Crippen molar-refractivity contribution in [1.29, 1.82) is 0 Å². The zero-order valence-corrected chi connectivity index (χ0v) is 19.9.